The lowest BCUT2D eigenvalue weighted by Gasteiger charge is -2.33. The van der Waals surface area contributed by atoms with Crippen molar-refractivity contribution in [3.63, 3.8) is 0 Å². The molecule has 3 aromatic rings. The van der Waals surface area contributed by atoms with Crippen molar-refractivity contribution in [2.45, 2.75) is 37.8 Å². The summed E-state index contributed by atoms with van der Waals surface area (Å²) in [6, 6.07) is 8.20. The Kier molecular flexibility index (Phi) is 5.09. The summed E-state index contributed by atoms with van der Waals surface area (Å²) in [5.41, 5.74) is 2.71. The van der Waals surface area contributed by atoms with E-state index >= 15 is 0 Å². The molecule has 0 atom stereocenters. The first-order valence-corrected chi connectivity index (χ1v) is 9.58. The van der Waals surface area contributed by atoms with Crippen molar-refractivity contribution in [2.75, 3.05) is 26.2 Å². The molecule has 1 aromatic carbocycles. The molecule has 0 unspecified atom stereocenters. The van der Waals surface area contributed by atoms with Gasteiger partial charge in [-0.05, 0) is 49.4 Å². The predicted octanol–water partition coefficient (Wildman–Crippen LogP) is 3.15. The smallest absolute Gasteiger partial charge is 0.165 e. The zero-order valence-electron chi connectivity index (χ0n) is 16.5. The van der Waals surface area contributed by atoms with Crippen LogP contribution in [0.25, 0.3) is 16.8 Å². The molecule has 1 N–H and O–H groups in total. The molecule has 28 heavy (non-hydrogen) atoms. The maximum atomic E-state index is 9.77. The molecule has 0 amide bonds. The van der Waals surface area contributed by atoms with Crippen LogP contribution in [-0.4, -0.2) is 53.1 Å². The van der Waals surface area contributed by atoms with Gasteiger partial charge in [-0.1, -0.05) is 6.07 Å². The number of aliphatic hydroxyl groups is 1. The molecule has 1 aliphatic rings. The highest BCUT2D eigenvalue weighted by Crippen LogP contribution is 2.34. The number of methoxy groups -OCH3 is 2. The molecule has 0 saturated heterocycles. The molecule has 4 rings (SSSR count). The van der Waals surface area contributed by atoms with Crippen molar-refractivity contribution in [1.82, 2.24) is 14.6 Å². The average molecular weight is 382 g/mol. The van der Waals surface area contributed by atoms with Gasteiger partial charge in [-0.25, -0.2) is 9.50 Å². The molecule has 1 aliphatic carbocycles. The molecule has 0 bridgehead atoms. The number of ether oxygens (including phenoxy) is 2. The molecule has 148 valence electrons. The Morgan fingerprint density at radius 3 is 2.54 bits per heavy atom. The normalized spacial score (nSPS) is 19.6. The van der Waals surface area contributed by atoms with Crippen LogP contribution in [0.15, 0.2) is 36.7 Å². The van der Waals surface area contributed by atoms with E-state index in [1.807, 2.05) is 36.7 Å². The average Bonchev–Trinajstić information content (AvgIpc) is 3.16. The Hall–Kier alpha value is -2.80. The fourth-order valence-corrected chi connectivity index (χ4v) is 3.90. The van der Waals surface area contributed by atoms with Crippen LogP contribution in [-0.2, 0) is 0 Å². The Balaban J connectivity index is 1.69. The van der Waals surface area contributed by atoms with E-state index in [2.05, 4.69) is 17.0 Å². The van der Waals surface area contributed by atoms with Gasteiger partial charge in [0.25, 0.3) is 0 Å². The van der Waals surface area contributed by atoms with E-state index in [-0.39, 0.29) is 6.10 Å². The van der Waals surface area contributed by atoms with Gasteiger partial charge in [-0.3, -0.25) is 0 Å². The van der Waals surface area contributed by atoms with E-state index in [4.69, 9.17) is 14.5 Å². The number of rotatable bonds is 5. The number of aromatic nitrogens is 3. The number of nitrogens with zero attached hydrogens (tertiary/aromatic N) is 4. The van der Waals surface area contributed by atoms with Crippen molar-refractivity contribution in [3.05, 3.63) is 36.7 Å². The molecule has 0 radical (unpaired) electrons. The van der Waals surface area contributed by atoms with Crippen LogP contribution in [0.1, 0.15) is 25.7 Å². The molecule has 2 aromatic heterocycles. The van der Waals surface area contributed by atoms with Crippen molar-refractivity contribution in [2.24, 2.45) is 0 Å². The second kappa shape index (κ2) is 7.67. The molecule has 1 saturated carbocycles. The Bertz CT molecular complexity index is 963. The van der Waals surface area contributed by atoms with Gasteiger partial charge >= 0.3 is 0 Å². The van der Waals surface area contributed by atoms with Gasteiger partial charge in [0.05, 0.1) is 26.5 Å². The topological polar surface area (TPSA) is 72.1 Å². The lowest BCUT2D eigenvalue weighted by atomic mass is 9.92. The lowest BCUT2D eigenvalue weighted by Crippen LogP contribution is -2.36. The first kappa shape index (κ1) is 18.6. The van der Waals surface area contributed by atoms with Gasteiger partial charge in [-0.15, -0.1) is 0 Å². The van der Waals surface area contributed by atoms with Gasteiger partial charge in [0.2, 0.25) is 0 Å². The number of benzene rings is 1. The number of aliphatic hydroxyl groups excluding tert-OH is 1. The summed E-state index contributed by atoms with van der Waals surface area (Å²) in [5, 5.41) is 14.2. The van der Waals surface area contributed by atoms with E-state index in [1.165, 1.54) is 0 Å². The highest BCUT2D eigenvalue weighted by Gasteiger charge is 2.24. The zero-order valence-corrected chi connectivity index (χ0v) is 16.5. The summed E-state index contributed by atoms with van der Waals surface area (Å²) < 4.78 is 12.6. The first-order valence-electron chi connectivity index (χ1n) is 9.58. The van der Waals surface area contributed by atoms with Gasteiger partial charge < -0.3 is 19.5 Å². The fraction of sp³-hybridized carbons (Fsp3) is 0.429. The maximum Gasteiger partial charge on any atom is 0.165 e. The third-order valence-corrected chi connectivity index (χ3v) is 5.62. The summed E-state index contributed by atoms with van der Waals surface area (Å²) >= 11 is 0. The van der Waals surface area contributed by atoms with Crippen LogP contribution in [0.2, 0.25) is 0 Å². The summed E-state index contributed by atoms with van der Waals surface area (Å²) in [6.45, 7) is 0. The first-order chi connectivity index (χ1) is 13.6. The summed E-state index contributed by atoms with van der Waals surface area (Å²) in [4.78, 5) is 7.12. The standard InChI is InChI=1S/C21H26N4O3/c1-24(15-5-7-16(26)8-6-15)20-10-11-25-21(23-20)17(13-22-25)14-4-9-18(27-2)19(12-14)28-3/h4,9-13,15-16,26H,5-8H2,1-3H3/t15-,16-. The predicted molar refractivity (Wildman–Crippen MR) is 108 cm³/mol. The van der Waals surface area contributed by atoms with Crippen molar-refractivity contribution < 1.29 is 14.6 Å². The second-order valence-electron chi connectivity index (χ2n) is 7.26. The minimum atomic E-state index is -0.161. The zero-order chi connectivity index (χ0) is 19.7. The van der Waals surface area contributed by atoms with E-state index in [0.717, 1.165) is 48.3 Å². The Labute approximate surface area is 164 Å². The largest absolute Gasteiger partial charge is 0.493 e. The lowest BCUT2D eigenvalue weighted by molar-refractivity contribution is 0.122. The van der Waals surface area contributed by atoms with Crippen molar-refractivity contribution in [1.29, 1.82) is 0 Å². The van der Waals surface area contributed by atoms with Crippen LogP contribution in [0.5, 0.6) is 11.5 Å². The highest BCUT2D eigenvalue weighted by atomic mass is 16.5. The minimum Gasteiger partial charge on any atom is -0.493 e. The third kappa shape index (κ3) is 3.38. The summed E-state index contributed by atoms with van der Waals surface area (Å²) in [5.74, 6) is 2.28. The van der Waals surface area contributed by atoms with Crippen LogP contribution in [0.3, 0.4) is 0 Å². The van der Waals surface area contributed by atoms with E-state index in [0.29, 0.717) is 17.5 Å². The molecule has 7 nitrogen and oxygen atoms in total. The van der Waals surface area contributed by atoms with Crippen LogP contribution in [0.4, 0.5) is 5.82 Å². The van der Waals surface area contributed by atoms with Crippen LogP contribution in [0, 0.1) is 0 Å². The number of hydrogen-bond donors (Lipinski definition) is 1. The van der Waals surface area contributed by atoms with Crippen LogP contribution >= 0.6 is 0 Å². The summed E-state index contributed by atoms with van der Waals surface area (Å²) in [6.07, 6.45) is 7.26. The number of hydrogen-bond acceptors (Lipinski definition) is 6. The maximum absolute atomic E-state index is 9.77. The molecule has 0 spiro atoms. The molecular weight excluding hydrogens is 356 g/mol. The molecule has 7 heteroatoms. The quantitative estimate of drug-likeness (QED) is 0.731. The molecular formula is C21H26N4O3. The minimum absolute atomic E-state index is 0.161. The number of fused-ring (bicyclic) bond motifs is 1. The number of anilines is 1. The third-order valence-electron chi connectivity index (χ3n) is 5.62. The fourth-order valence-electron chi connectivity index (χ4n) is 3.90. The summed E-state index contributed by atoms with van der Waals surface area (Å²) in [7, 11) is 5.33. The van der Waals surface area contributed by atoms with E-state index < -0.39 is 0 Å². The molecule has 1 fully saturated rings. The van der Waals surface area contributed by atoms with Crippen LogP contribution < -0.4 is 14.4 Å². The van der Waals surface area contributed by atoms with Gasteiger partial charge in [0, 0.05) is 24.8 Å². The Morgan fingerprint density at radius 1 is 1.07 bits per heavy atom. The molecule has 2 heterocycles. The molecule has 0 aliphatic heterocycles. The van der Waals surface area contributed by atoms with Gasteiger partial charge in [0.15, 0.2) is 17.1 Å². The van der Waals surface area contributed by atoms with E-state index in [1.54, 1.807) is 18.7 Å². The van der Waals surface area contributed by atoms with Gasteiger partial charge in [-0.2, -0.15) is 5.10 Å². The second-order valence-corrected chi connectivity index (χ2v) is 7.26. The van der Waals surface area contributed by atoms with Gasteiger partial charge in [0.1, 0.15) is 5.82 Å². The monoisotopic (exact) mass is 382 g/mol. The SMILES string of the molecule is COc1ccc(-c2cnn3ccc(N(C)[C@H]4CC[C@H](O)CC4)nc23)cc1OC. The Morgan fingerprint density at radius 2 is 1.82 bits per heavy atom. The highest BCUT2D eigenvalue weighted by molar-refractivity contribution is 5.79. The van der Waals surface area contributed by atoms with Crippen molar-refractivity contribution >= 4 is 11.5 Å². The van der Waals surface area contributed by atoms with Crippen molar-refractivity contribution in [3.8, 4) is 22.6 Å². The van der Waals surface area contributed by atoms with E-state index in [9.17, 15) is 5.11 Å².